The van der Waals surface area contributed by atoms with Gasteiger partial charge in [0, 0.05) is 11.1 Å². The Morgan fingerprint density at radius 3 is 2.43 bits per heavy atom. The van der Waals surface area contributed by atoms with Crippen LogP contribution in [0.1, 0.15) is 5.56 Å². The van der Waals surface area contributed by atoms with Gasteiger partial charge in [0.2, 0.25) is 5.88 Å². The van der Waals surface area contributed by atoms with Crippen LogP contribution >= 0.6 is 0 Å². The Hall–Kier alpha value is -1.84. The number of hydrogen-bond donors (Lipinski definition) is 1. The van der Waals surface area contributed by atoms with Crippen molar-refractivity contribution < 1.29 is 8.91 Å². The second-order valence-corrected chi connectivity index (χ2v) is 3.03. The van der Waals surface area contributed by atoms with Crippen molar-refractivity contribution in [1.82, 2.24) is 5.16 Å². The molecular weight excluding hydrogens is 183 g/mol. The van der Waals surface area contributed by atoms with Gasteiger partial charge in [-0.05, 0) is 31.2 Å². The van der Waals surface area contributed by atoms with Gasteiger partial charge in [-0.25, -0.2) is 4.39 Å². The van der Waals surface area contributed by atoms with Crippen molar-refractivity contribution in [2.75, 3.05) is 5.73 Å². The Balaban J connectivity index is 2.49. The molecule has 0 atom stereocenters. The largest absolute Gasteiger partial charge is 0.367 e. The number of aromatic nitrogens is 1. The first kappa shape index (κ1) is 8.74. The predicted molar refractivity (Wildman–Crippen MR) is 51.0 cm³/mol. The SMILES string of the molecule is Cc1c(-c2ccc(F)cc2)noc1N. The lowest BCUT2D eigenvalue weighted by Gasteiger charge is -1.96. The zero-order chi connectivity index (χ0) is 10.1. The Morgan fingerprint density at radius 1 is 1.29 bits per heavy atom. The van der Waals surface area contributed by atoms with Gasteiger partial charge in [0.05, 0.1) is 0 Å². The summed E-state index contributed by atoms with van der Waals surface area (Å²) in [5.41, 5.74) is 7.73. The zero-order valence-corrected chi connectivity index (χ0v) is 7.62. The van der Waals surface area contributed by atoms with Gasteiger partial charge in [-0.3, -0.25) is 0 Å². The second-order valence-electron chi connectivity index (χ2n) is 3.03. The lowest BCUT2D eigenvalue weighted by molar-refractivity contribution is 0.439. The van der Waals surface area contributed by atoms with E-state index in [0.717, 1.165) is 11.1 Å². The van der Waals surface area contributed by atoms with Crippen LogP contribution in [0.3, 0.4) is 0 Å². The number of anilines is 1. The summed E-state index contributed by atoms with van der Waals surface area (Å²) >= 11 is 0. The Labute approximate surface area is 80.3 Å². The van der Waals surface area contributed by atoms with Crippen LogP contribution in [-0.2, 0) is 0 Å². The van der Waals surface area contributed by atoms with Crippen molar-refractivity contribution in [2.45, 2.75) is 6.92 Å². The molecular formula is C10H9FN2O. The van der Waals surface area contributed by atoms with Gasteiger partial charge in [0.15, 0.2) is 0 Å². The molecule has 0 fully saturated rings. The highest BCUT2D eigenvalue weighted by molar-refractivity contribution is 5.66. The molecule has 0 bridgehead atoms. The molecule has 3 nitrogen and oxygen atoms in total. The summed E-state index contributed by atoms with van der Waals surface area (Å²) in [6.07, 6.45) is 0. The van der Waals surface area contributed by atoms with Gasteiger partial charge < -0.3 is 10.3 Å². The molecule has 14 heavy (non-hydrogen) atoms. The number of nitrogens with two attached hydrogens (primary N) is 1. The third-order valence-corrected chi connectivity index (χ3v) is 2.08. The predicted octanol–water partition coefficient (Wildman–Crippen LogP) is 2.37. The fraction of sp³-hybridized carbons (Fsp3) is 0.100. The van der Waals surface area contributed by atoms with Crippen molar-refractivity contribution in [3.05, 3.63) is 35.6 Å². The highest BCUT2D eigenvalue weighted by atomic mass is 19.1. The van der Waals surface area contributed by atoms with E-state index >= 15 is 0 Å². The molecule has 0 spiro atoms. The van der Waals surface area contributed by atoms with E-state index in [0.29, 0.717) is 11.6 Å². The molecule has 4 heteroatoms. The smallest absolute Gasteiger partial charge is 0.225 e. The fourth-order valence-electron chi connectivity index (χ4n) is 1.23. The van der Waals surface area contributed by atoms with Gasteiger partial charge in [-0.1, -0.05) is 5.16 Å². The summed E-state index contributed by atoms with van der Waals surface area (Å²) in [7, 11) is 0. The first-order valence-electron chi connectivity index (χ1n) is 4.16. The first-order valence-corrected chi connectivity index (χ1v) is 4.16. The number of benzene rings is 1. The van der Waals surface area contributed by atoms with Crippen LogP contribution in [0, 0.1) is 12.7 Å². The lowest BCUT2D eigenvalue weighted by atomic mass is 10.1. The summed E-state index contributed by atoms with van der Waals surface area (Å²) in [5, 5.41) is 3.79. The van der Waals surface area contributed by atoms with E-state index in [4.69, 9.17) is 10.3 Å². The molecule has 0 amide bonds. The van der Waals surface area contributed by atoms with Crippen LogP contribution in [0.25, 0.3) is 11.3 Å². The first-order chi connectivity index (χ1) is 6.68. The van der Waals surface area contributed by atoms with Crippen LogP contribution in [0.15, 0.2) is 28.8 Å². The molecule has 1 heterocycles. The van der Waals surface area contributed by atoms with Crippen molar-refractivity contribution >= 4 is 5.88 Å². The van der Waals surface area contributed by atoms with E-state index in [-0.39, 0.29) is 5.82 Å². The molecule has 2 aromatic rings. The third-order valence-electron chi connectivity index (χ3n) is 2.08. The normalized spacial score (nSPS) is 10.4. The Morgan fingerprint density at radius 2 is 1.93 bits per heavy atom. The third kappa shape index (κ3) is 1.35. The maximum absolute atomic E-state index is 12.6. The van der Waals surface area contributed by atoms with Gasteiger partial charge >= 0.3 is 0 Å². The maximum atomic E-state index is 12.6. The Bertz CT molecular complexity index is 448. The molecule has 0 radical (unpaired) electrons. The number of rotatable bonds is 1. The van der Waals surface area contributed by atoms with Gasteiger partial charge in [-0.15, -0.1) is 0 Å². The topological polar surface area (TPSA) is 52.0 Å². The molecule has 1 aromatic carbocycles. The van der Waals surface area contributed by atoms with Crippen molar-refractivity contribution in [1.29, 1.82) is 0 Å². The minimum Gasteiger partial charge on any atom is -0.367 e. The summed E-state index contributed by atoms with van der Waals surface area (Å²) in [6, 6.07) is 6.03. The zero-order valence-electron chi connectivity index (χ0n) is 7.62. The standard InChI is InChI=1S/C10H9FN2O/c1-6-9(13-14-10(6)12)7-2-4-8(11)5-3-7/h2-5H,12H2,1H3. The molecule has 0 aliphatic rings. The van der Waals surface area contributed by atoms with E-state index in [2.05, 4.69) is 5.16 Å². The average molecular weight is 192 g/mol. The van der Waals surface area contributed by atoms with Crippen LogP contribution < -0.4 is 5.73 Å². The minimum absolute atomic E-state index is 0.275. The lowest BCUT2D eigenvalue weighted by Crippen LogP contribution is -1.85. The molecule has 72 valence electrons. The monoisotopic (exact) mass is 192 g/mol. The Kier molecular flexibility index (Phi) is 1.96. The molecule has 0 aliphatic heterocycles. The van der Waals surface area contributed by atoms with E-state index in [1.165, 1.54) is 12.1 Å². The highest BCUT2D eigenvalue weighted by Gasteiger charge is 2.10. The number of nitrogens with zero attached hydrogens (tertiary/aromatic N) is 1. The maximum Gasteiger partial charge on any atom is 0.225 e. The van der Waals surface area contributed by atoms with Gasteiger partial charge in [0.1, 0.15) is 11.5 Å². The number of nitrogen functional groups attached to an aromatic ring is 1. The fourth-order valence-corrected chi connectivity index (χ4v) is 1.23. The van der Waals surface area contributed by atoms with Crippen LogP contribution in [0.2, 0.25) is 0 Å². The number of hydrogen-bond acceptors (Lipinski definition) is 3. The van der Waals surface area contributed by atoms with Gasteiger partial charge in [-0.2, -0.15) is 0 Å². The number of halogens is 1. The molecule has 2 N–H and O–H groups in total. The van der Waals surface area contributed by atoms with E-state index in [9.17, 15) is 4.39 Å². The van der Waals surface area contributed by atoms with Crippen molar-refractivity contribution in [2.24, 2.45) is 0 Å². The van der Waals surface area contributed by atoms with Gasteiger partial charge in [0.25, 0.3) is 0 Å². The molecule has 0 saturated heterocycles. The molecule has 0 unspecified atom stereocenters. The molecule has 0 aliphatic carbocycles. The summed E-state index contributed by atoms with van der Waals surface area (Å²) in [6.45, 7) is 1.81. The molecule has 1 aromatic heterocycles. The van der Waals surface area contributed by atoms with Crippen LogP contribution in [-0.4, -0.2) is 5.16 Å². The molecule has 2 rings (SSSR count). The summed E-state index contributed by atoms with van der Waals surface area (Å²) in [5.74, 6) is 0.0206. The quantitative estimate of drug-likeness (QED) is 0.754. The van der Waals surface area contributed by atoms with Crippen molar-refractivity contribution in [3.8, 4) is 11.3 Å². The average Bonchev–Trinajstić information content (AvgIpc) is 2.50. The van der Waals surface area contributed by atoms with E-state index in [1.54, 1.807) is 12.1 Å². The summed E-state index contributed by atoms with van der Waals surface area (Å²) in [4.78, 5) is 0. The van der Waals surface area contributed by atoms with Crippen molar-refractivity contribution in [3.63, 3.8) is 0 Å². The minimum atomic E-state index is -0.275. The highest BCUT2D eigenvalue weighted by Crippen LogP contribution is 2.25. The molecule has 0 saturated carbocycles. The summed E-state index contributed by atoms with van der Waals surface area (Å²) < 4.78 is 17.5. The van der Waals surface area contributed by atoms with E-state index in [1.807, 2.05) is 6.92 Å². The van der Waals surface area contributed by atoms with Crippen LogP contribution in [0.5, 0.6) is 0 Å². The van der Waals surface area contributed by atoms with Crippen LogP contribution in [0.4, 0.5) is 10.3 Å². The van der Waals surface area contributed by atoms with E-state index < -0.39 is 0 Å². The second kappa shape index (κ2) is 3.14.